The fraction of sp³-hybridized carbons (Fsp3) is 0.432. The molecule has 0 fully saturated rings. The number of rotatable bonds is 23. The Morgan fingerprint density at radius 1 is 0.660 bits per heavy atom. The lowest BCUT2D eigenvalue weighted by atomic mass is 9.98. The number of benzene rings is 4. The monoisotopic (exact) mass is 722 g/mol. The number of nitrogens with one attached hydrogen (secondary N) is 1. The van der Waals surface area contributed by atoms with Crippen molar-refractivity contribution in [1.82, 2.24) is 15.1 Å². The highest BCUT2D eigenvalue weighted by Gasteiger charge is 2.29. The van der Waals surface area contributed by atoms with Crippen molar-refractivity contribution in [2.75, 3.05) is 33.2 Å². The number of ether oxygens (including phenoxy) is 2. The Morgan fingerprint density at radius 3 is 1.89 bits per heavy atom. The van der Waals surface area contributed by atoms with Gasteiger partial charge < -0.3 is 25.4 Å². The molecule has 4 rings (SSSR count). The number of nitrogens with two attached hydrogens (primary N) is 1. The Bertz CT molecular complexity index is 1680. The molecule has 284 valence electrons. The maximum absolute atomic E-state index is 13.5. The molecule has 4 aromatic rings. The van der Waals surface area contributed by atoms with E-state index < -0.39 is 24.1 Å². The maximum atomic E-state index is 13.5. The van der Waals surface area contributed by atoms with E-state index >= 15 is 0 Å². The Balaban J connectivity index is 1.28. The number of fused-ring (bicyclic) bond motifs is 1. The van der Waals surface area contributed by atoms with E-state index in [1.165, 1.54) is 29.7 Å². The van der Waals surface area contributed by atoms with Gasteiger partial charge in [-0.25, -0.2) is 9.59 Å². The summed E-state index contributed by atoms with van der Waals surface area (Å²) in [6.45, 7) is 5.37. The maximum Gasteiger partial charge on any atom is 0.410 e. The van der Waals surface area contributed by atoms with E-state index in [4.69, 9.17) is 15.2 Å². The first kappa shape index (κ1) is 40.9. The van der Waals surface area contributed by atoms with E-state index in [1.54, 1.807) is 0 Å². The smallest absolute Gasteiger partial charge is 0.410 e. The van der Waals surface area contributed by atoms with Crippen LogP contribution in [0.3, 0.4) is 0 Å². The molecule has 9 heteroatoms. The van der Waals surface area contributed by atoms with Crippen LogP contribution in [0.2, 0.25) is 0 Å². The number of primary amides is 1. The predicted octanol–water partition coefficient (Wildman–Crippen LogP) is 8.42. The molecule has 9 nitrogen and oxygen atoms in total. The first-order valence-corrected chi connectivity index (χ1v) is 19.2. The van der Waals surface area contributed by atoms with Gasteiger partial charge in [-0.2, -0.15) is 0 Å². The number of amides is 3. The Labute approximate surface area is 315 Å². The zero-order valence-corrected chi connectivity index (χ0v) is 31.6. The van der Waals surface area contributed by atoms with Crippen LogP contribution in [-0.4, -0.2) is 67.2 Å². The van der Waals surface area contributed by atoms with Gasteiger partial charge in [-0.1, -0.05) is 123 Å². The fourth-order valence-corrected chi connectivity index (χ4v) is 6.44. The van der Waals surface area contributed by atoms with Crippen molar-refractivity contribution in [3.8, 4) is 0 Å². The molecule has 0 aromatic heterocycles. The molecule has 0 saturated heterocycles. The Hall–Kier alpha value is -4.89. The first-order valence-electron chi connectivity index (χ1n) is 19.2. The molecule has 0 aliphatic carbocycles. The molecule has 3 N–H and O–H groups in total. The van der Waals surface area contributed by atoms with Crippen LogP contribution in [-0.2, 0) is 40.3 Å². The van der Waals surface area contributed by atoms with E-state index in [-0.39, 0.29) is 13.2 Å². The minimum Gasteiger partial charge on any atom is -0.445 e. The van der Waals surface area contributed by atoms with Crippen LogP contribution in [0.15, 0.2) is 97.1 Å². The summed E-state index contributed by atoms with van der Waals surface area (Å²) in [6, 6.07) is 31.2. The molecule has 0 heterocycles. The summed E-state index contributed by atoms with van der Waals surface area (Å²) in [6.07, 6.45) is 8.30. The highest BCUT2D eigenvalue weighted by atomic mass is 16.6. The number of unbranched alkanes of at least 4 members (excludes halogenated alkanes) is 4. The van der Waals surface area contributed by atoms with Gasteiger partial charge in [0.15, 0.2) is 0 Å². The topological polar surface area (TPSA) is 114 Å². The Kier molecular flexibility index (Phi) is 17.7. The van der Waals surface area contributed by atoms with Crippen molar-refractivity contribution in [2.24, 2.45) is 5.73 Å². The molecule has 0 saturated carbocycles. The second-order valence-corrected chi connectivity index (χ2v) is 13.9. The number of aryl methyl sites for hydroxylation is 2. The molecule has 0 spiro atoms. The van der Waals surface area contributed by atoms with Crippen LogP contribution in [0.4, 0.5) is 9.59 Å². The van der Waals surface area contributed by atoms with Gasteiger partial charge in [0.25, 0.3) is 0 Å². The summed E-state index contributed by atoms with van der Waals surface area (Å²) in [5.74, 6) is -0.528. The Morgan fingerprint density at radius 2 is 1.26 bits per heavy atom. The summed E-state index contributed by atoms with van der Waals surface area (Å²) in [5, 5.41) is 5.09. The van der Waals surface area contributed by atoms with Gasteiger partial charge in [0.1, 0.15) is 19.3 Å². The summed E-state index contributed by atoms with van der Waals surface area (Å²) in [7, 11) is 2.10. The summed E-state index contributed by atoms with van der Waals surface area (Å²) < 4.78 is 11.0. The van der Waals surface area contributed by atoms with E-state index in [9.17, 15) is 14.4 Å². The molecular weight excluding hydrogens is 665 g/mol. The minimum absolute atomic E-state index is 0.131. The lowest BCUT2D eigenvalue weighted by Gasteiger charge is -2.30. The van der Waals surface area contributed by atoms with Crippen LogP contribution >= 0.6 is 0 Å². The molecule has 4 aromatic carbocycles. The van der Waals surface area contributed by atoms with Gasteiger partial charge in [0.2, 0.25) is 5.91 Å². The molecule has 0 radical (unpaired) electrons. The third-order valence-corrected chi connectivity index (χ3v) is 9.53. The van der Waals surface area contributed by atoms with E-state index in [0.29, 0.717) is 32.4 Å². The van der Waals surface area contributed by atoms with Crippen molar-refractivity contribution < 1.29 is 23.9 Å². The predicted molar refractivity (Wildman–Crippen MR) is 212 cm³/mol. The molecule has 53 heavy (non-hydrogen) atoms. The SMILES string of the molecule is CCCCCCN(C)CCCN(C(=O)OCc1ccccc1)[C@@H](CCc1ccc2cc(CCCCNC(=O)OCc3ccccc3)ccc2c1)C(N)=O. The van der Waals surface area contributed by atoms with E-state index in [2.05, 4.69) is 60.6 Å². The summed E-state index contributed by atoms with van der Waals surface area (Å²) in [4.78, 5) is 42.2. The van der Waals surface area contributed by atoms with Crippen molar-refractivity contribution in [3.63, 3.8) is 0 Å². The molecule has 0 aliphatic heterocycles. The zero-order valence-electron chi connectivity index (χ0n) is 31.6. The molecule has 1 atom stereocenters. The minimum atomic E-state index is -0.786. The van der Waals surface area contributed by atoms with Gasteiger partial charge in [-0.15, -0.1) is 0 Å². The average Bonchev–Trinajstić information content (AvgIpc) is 3.17. The second-order valence-electron chi connectivity index (χ2n) is 13.9. The van der Waals surface area contributed by atoms with Crippen molar-refractivity contribution in [1.29, 1.82) is 0 Å². The van der Waals surface area contributed by atoms with Crippen LogP contribution in [0.5, 0.6) is 0 Å². The normalized spacial score (nSPS) is 11.7. The van der Waals surface area contributed by atoms with Crippen LogP contribution in [0.25, 0.3) is 10.8 Å². The number of hydrogen-bond donors (Lipinski definition) is 2. The van der Waals surface area contributed by atoms with Gasteiger partial charge in [0.05, 0.1) is 0 Å². The average molecular weight is 723 g/mol. The number of carbonyl (C=O) groups is 3. The van der Waals surface area contributed by atoms with Crippen LogP contribution in [0, 0.1) is 0 Å². The van der Waals surface area contributed by atoms with Gasteiger partial charge in [-0.05, 0) is 98.1 Å². The van der Waals surface area contributed by atoms with Crippen molar-refractivity contribution >= 4 is 28.9 Å². The zero-order chi connectivity index (χ0) is 37.7. The third kappa shape index (κ3) is 14.9. The highest BCUT2D eigenvalue weighted by molar-refractivity contribution is 5.85. The third-order valence-electron chi connectivity index (χ3n) is 9.53. The molecule has 0 aliphatic rings. The lowest BCUT2D eigenvalue weighted by molar-refractivity contribution is -0.123. The second kappa shape index (κ2) is 22.9. The van der Waals surface area contributed by atoms with E-state index in [0.717, 1.165) is 66.2 Å². The van der Waals surface area contributed by atoms with Crippen LogP contribution in [0.1, 0.15) is 80.5 Å². The van der Waals surface area contributed by atoms with Crippen molar-refractivity contribution in [3.05, 3.63) is 119 Å². The van der Waals surface area contributed by atoms with Gasteiger partial charge >= 0.3 is 12.2 Å². The molecule has 0 bridgehead atoms. The summed E-state index contributed by atoms with van der Waals surface area (Å²) >= 11 is 0. The summed E-state index contributed by atoms with van der Waals surface area (Å²) in [5.41, 5.74) is 10.1. The standard InChI is InChI=1S/C44H58N4O5/c1-3-4-5-14-28-47(2)29-15-30-48(44(51)53-34-38-19-10-7-11-20-38)41(42(45)49)26-23-36-22-25-39-31-35(21-24-40(39)32-36)16-12-13-27-46-43(50)52-33-37-17-8-6-9-18-37/h6-11,17-22,24-25,31-32,41H,3-5,12-16,23,26-30,33-34H2,1-2H3,(H2,45,49)(H,46,50)/t41-/m0/s1. The lowest BCUT2D eigenvalue weighted by Crippen LogP contribution is -2.49. The first-order chi connectivity index (χ1) is 25.8. The number of alkyl carbamates (subject to hydrolysis) is 1. The molecule has 3 amide bonds. The number of carbonyl (C=O) groups excluding carboxylic acids is 3. The molecule has 0 unspecified atom stereocenters. The highest BCUT2D eigenvalue weighted by Crippen LogP contribution is 2.21. The molecular formula is C44H58N4O5. The largest absolute Gasteiger partial charge is 0.445 e. The van der Waals surface area contributed by atoms with E-state index in [1.807, 2.05) is 60.7 Å². The van der Waals surface area contributed by atoms with Gasteiger partial charge in [-0.3, -0.25) is 9.69 Å². The van der Waals surface area contributed by atoms with Crippen molar-refractivity contribution in [2.45, 2.75) is 90.4 Å². The van der Waals surface area contributed by atoms with Crippen LogP contribution < -0.4 is 11.1 Å². The van der Waals surface area contributed by atoms with Gasteiger partial charge in [0, 0.05) is 13.1 Å². The number of hydrogen-bond acceptors (Lipinski definition) is 6. The quantitative estimate of drug-likeness (QED) is 0.0744. The fourth-order valence-electron chi connectivity index (χ4n) is 6.44. The number of nitrogens with zero attached hydrogens (tertiary/aromatic N) is 2.